The Kier molecular flexibility index (Phi) is 2.42. The summed E-state index contributed by atoms with van der Waals surface area (Å²) in [6.45, 7) is 1.94. The van der Waals surface area contributed by atoms with Crippen molar-refractivity contribution in [1.29, 1.82) is 0 Å². The summed E-state index contributed by atoms with van der Waals surface area (Å²) < 4.78 is 1.19. The summed E-state index contributed by atoms with van der Waals surface area (Å²) in [4.78, 5) is 4.10. The first-order valence-corrected chi connectivity index (χ1v) is 4.46. The SMILES string of the molecule is CC(N)c1ncc(I)s1. The van der Waals surface area contributed by atoms with Gasteiger partial charge in [-0.15, -0.1) is 11.3 Å². The van der Waals surface area contributed by atoms with E-state index in [1.54, 1.807) is 11.3 Å². The lowest BCUT2D eigenvalue weighted by Gasteiger charge is -1.94. The van der Waals surface area contributed by atoms with Crippen LogP contribution in [0.4, 0.5) is 0 Å². The van der Waals surface area contributed by atoms with Gasteiger partial charge in [0.25, 0.3) is 0 Å². The van der Waals surface area contributed by atoms with Crippen molar-refractivity contribution in [1.82, 2.24) is 4.98 Å². The molecule has 2 N–H and O–H groups in total. The van der Waals surface area contributed by atoms with Crippen LogP contribution in [0.15, 0.2) is 6.20 Å². The molecule has 50 valence electrons. The predicted molar refractivity (Wildman–Crippen MR) is 47.4 cm³/mol. The average Bonchev–Trinajstić information content (AvgIpc) is 2.14. The molecule has 0 fully saturated rings. The molecule has 4 heteroatoms. The molecule has 0 saturated heterocycles. The average molecular weight is 254 g/mol. The second-order valence-electron chi connectivity index (χ2n) is 1.79. The second-order valence-corrected chi connectivity index (χ2v) is 4.75. The third-order valence-corrected chi connectivity index (χ3v) is 2.81. The zero-order chi connectivity index (χ0) is 6.85. The molecule has 1 aromatic heterocycles. The van der Waals surface area contributed by atoms with Crippen molar-refractivity contribution < 1.29 is 0 Å². The molecule has 1 heterocycles. The van der Waals surface area contributed by atoms with Crippen LogP contribution in [-0.4, -0.2) is 4.98 Å². The number of rotatable bonds is 1. The fourth-order valence-electron chi connectivity index (χ4n) is 0.477. The number of halogens is 1. The Morgan fingerprint density at radius 3 is 2.78 bits per heavy atom. The van der Waals surface area contributed by atoms with E-state index in [1.807, 2.05) is 13.1 Å². The Hall–Kier alpha value is 0.320. The van der Waals surface area contributed by atoms with Crippen molar-refractivity contribution >= 4 is 33.9 Å². The van der Waals surface area contributed by atoms with E-state index in [2.05, 4.69) is 27.6 Å². The number of thiazole rings is 1. The van der Waals surface area contributed by atoms with Gasteiger partial charge in [-0.1, -0.05) is 0 Å². The lowest BCUT2D eigenvalue weighted by atomic mass is 10.4. The number of hydrogen-bond donors (Lipinski definition) is 1. The first-order valence-electron chi connectivity index (χ1n) is 2.57. The van der Waals surface area contributed by atoms with E-state index < -0.39 is 0 Å². The Balaban J connectivity index is 2.85. The normalized spacial score (nSPS) is 13.7. The van der Waals surface area contributed by atoms with Crippen molar-refractivity contribution in [3.63, 3.8) is 0 Å². The summed E-state index contributed by atoms with van der Waals surface area (Å²) in [6.07, 6.45) is 1.84. The summed E-state index contributed by atoms with van der Waals surface area (Å²) in [6, 6.07) is 0.0820. The van der Waals surface area contributed by atoms with Crippen LogP contribution < -0.4 is 5.73 Å². The minimum absolute atomic E-state index is 0.0820. The minimum Gasteiger partial charge on any atom is -0.322 e. The van der Waals surface area contributed by atoms with Crippen LogP contribution in [0.1, 0.15) is 18.0 Å². The second kappa shape index (κ2) is 2.94. The molecule has 0 aliphatic carbocycles. The van der Waals surface area contributed by atoms with Crippen molar-refractivity contribution in [3.8, 4) is 0 Å². The Morgan fingerprint density at radius 1 is 1.89 bits per heavy atom. The fourth-order valence-corrected chi connectivity index (χ4v) is 1.89. The zero-order valence-electron chi connectivity index (χ0n) is 4.97. The lowest BCUT2D eigenvalue weighted by Crippen LogP contribution is -2.03. The van der Waals surface area contributed by atoms with E-state index in [4.69, 9.17) is 5.73 Å². The minimum atomic E-state index is 0.0820. The number of nitrogens with zero attached hydrogens (tertiary/aromatic N) is 1. The van der Waals surface area contributed by atoms with E-state index in [-0.39, 0.29) is 6.04 Å². The molecule has 0 saturated carbocycles. The molecule has 0 aromatic carbocycles. The summed E-state index contributed by atoms with van der Waals surface area (Å²) in [5.41, 5.74) is 5.57. The van der Waals surface area contributed by atoms with Crippen molar-refractivity contribution in [2.45, 2.75) is 13.0 Å². The summed E-state index contributed by atoms with van der Waals surface area (Å²) in [5.74, 6) is 0. The first-order chi connectivity index (χ1) is 4.20. The number of aromatic nitrogens is 1. The van der Waals surface area contributed by atoms with E-state index in [0.717, 1.165) is 5.01 Å². The van der Waals surface area contributed by atoms with E-state index in [9.17, 15) is 0 Å². The first kappa shape index (κ1) is 7.43. The Labute approximate surface area is 71.6 Å². The third kappa shape index (κ3) is 1.87. The summed E-state index contributed by atoms with van der Waals surface area (Å²) in [7, 11) is 0. The molecule has 0 spiro atoms. The molecule has 0 amide bonds. The van der Waals surface area contributed by atoms with Crippen molar-refractivity contribution in [3.05, 3.63) is 14.1 Å². The van der Waals surface area contributed by atoms with Gasteiger partial charge < -0.3 is 5.73 Å². The van der Waals surface area contributed by atoms with Gasteiger partial charge in [0.15, 0.2) is 0 Å². The maximum atomic E-state index is 5.57. The van der Waals surface area contributed by atoms with Crippen LogP contribution in [-0.2, 0) is 0 Å². The maximum absolute atomic E-state index is 5.57. The topological polar surface area (TPSA) is 38.9 Å². The van der Waals surface area contributed by atoms with Crippen LogP contribution in [0.25, 0.3) is 0 Å². The molecule has 0 aliphatic heterocycles. The molecule has 1 rings (SSSR count). The third-order valence-electron chi connectivity index (χ3n) is 0.885. The van der Waals surface area contributed by atoms with Crippen LogP contribution in [0.2, 0.25) is 0 Å². The Morgan fingerprint density at radius 2 is 2.56 bits per heavy atom. The van der Waals surface area contributed by atoms with Gasteiger partial charge in [-0.05, 0) is 29.5 Å². The number of hydrogen-bond acceptors (Lipinski definition) is 3. The highest BCUT2D eigenvalue weighted by Crippen LogP contribution is 2.18. The fraction of sp³-hybridized carbons (Fsp3) is 0.400. The van der Waals surface area contributed by atoms with Gasteiger partial charge in [0, 0.05) is 0 Å². The molecular weight excluding hydrogens is 247 g/mol. The highest BCUT2D eigenvalue weighted by molar-refractivity contribution is 14.1. The van der Waals surface area contributed by atoms with E-state index in [1.165, 1.54) is 2.88 Å². The van der Waals surface area contributed by atoms with Gasteiger partial charge in [-0.3, -0.25) is 0 Å². The Bertz CT molecular complexity index is 197. The molecule has 0 bridgehead atoms. The van der Waals surface area contributed by atoms with Crippen LogP contribution in [0.5, 0.6) is 0 Å². The highest BCUT2D eigenvalue weighted by Gasteiger charge is 2.02. The van der Waals surface area contributed by atoms with Gasteiger partial charge in [-0.25, -0.2) is 4.98 Å². The summed E-state index contributed by atoms with van der Waals surface area (Å²) >= 11 is 3.88. The number of nitrogens with two attached hydrogens (primary N) is 1. The zero-order valence-corrected chi connectivity index (χ0v) is 7.94. The van der Waals surface area contributed by atoms with Crippen LogP contribution in [0, 0.1) is 2.88 Å². The molecule has 1 aromatic rings. The largest absolute Gasteiger partial charge is 0.322 e. The van der Waals surface area contributed by atoms with Gasteiger partial charge in [-0.2, -0.15) is 0 Å². The quantitative estimate of drug-likeness (QED) is 0.775. The summed E-state index contributed by atoms with van der Waals surface area (Å²) in [5, 5.41) is 1.01. The lowest BCUT2D eigenvalue weighted by molar-refractivity contribution is 0.807. The molecule has 1 unspecified atom stereocenters. The molecule has 2 nitrogen and oxygen atoms in total. The molecule has 0 aliphatic rings. The standard InChI is InChI=1S/C5H7IN2S/c1-3(7)5-8-2-4(6)9-5/h2-3H,7H2,1H3. The van der Waals surface area contributed by atoms with Crippen LogP contribution in [0.3, 0.4) is 0 Å². The maximum Gasteiger partial charge on any atom is 0.110 e. The van der Waals surface area contributed by atoms with E-state index in [0.29, 0.717) is 0 Å². The smallest absolute Gasteiger partial charge is 0.110 e. The van der Waals surface area contributed by atoms with Crippen LogP contribution >= 0.6 is 33.9 Å². The molecule has 9 heavy (non-hydrogen) atoms. The van der Waals surface area contributed by atoms with Crippen molar-refractivity contribution in [2.75, 3.05) is 0 Å². The van der Waals surface area contributed by atoms with Gasteiger partial charge >= 0.3 is 0 Å². The monoisotopic (exact) mass is 254 g/mol. The van der Waals surface area contributed by atoms with Gasteiger partial charge in [0.05, 0.1) is 15.1 Å². The molecule has 0 radical (unpaired) electrons. The molecular formula is C5H7IN2S. The predicted octanol–water partition coefficient (Wildman–Crippen LogP) is 1.77. The highest BCUT2D eigenvalue weighted by atomic mass is 127. The van der Waals surface area contributed by atoms with Gasteiger partial charge in [0.2, 0.25) is 0 Å². The van der Waals surface area contributed by atoms with E-state index >= 15 is 0 Å². The van der Waals surface area contributed by atoms with Gasteiger partial charge in [0.1, 0.15) is 5.01 Å². The van der Waals surface area contributed by atoms with Crippen molar-refractivity contribution in [2.24, 2.45) is 5.73 Å². The molecule has 1 atom stereocenters.